The van der Waals surface area contributed by atoms with Crippen molar-refractivity contribution >= 4 is 5.97 Å². The Morgan fingerprint density at radius 1 is 1.27 bits per heavy atom. The van der Waals surface area contributed by atoms with Gasteiger partial charge in [-0.05, 0) is 67.3 Å². The van der Waals surface area contributed by atoms with Gasteiger partial charge in [-0.15, -0.1) is 0 Å². The molecule has 1 fully saturated rings. The second-order valence-electron chi connectivity index (χ2n) is 8.59. The first-order valence-electron chi connectivity index (χ1n) is 8.86. The zero-order valence-electron chi connectivity index (χ0n) is 14.6. The van der Waals surface area contributed by atoms with Crippen LogP contribution in [0.1, 0.15) is 66.2 Å². The summed E-state index contributed by atoms with van der Waals surface area (Å²) in [4.78, 5) is 11.2. The van der Waals surface area contributed by atoms with Gasteiger partial charge in [-0.1, -0.05) is 38.8 Å². The summed E-state index contributed by atoms with van der Waals surface area (Å²) < 4.78 is 5.05. The SMILES string of the molecule is CC1=CC[C@@H]2C(C)(C)CCC[C@@]2(C)[C@@H]1CCC1=CC(=O)OC1. The lowest BCUT2D eigenvalue weighted by Gasteiger charge is -2.57. The minimum atomic E-state index is -0.159. The normalized spacial score (nSPS) is 37.2. The molecule has 3 rings (SSSR count). The molecular formula is C20H30O2. The van der Waals surface area contributed by atoms with Crippen molar-refractivity contribution in [3.8, 4) is 0 Å². The fraction of sp³-hybridized carbons (Fsp3) is 0.750. The number of ether oxygens (including phenoxy) is 1. The molecule has 0 bridgehead atoms. The summed E-state index contributed by atoms with van der Waals surface area (Å²) in [6, 6.07) is 0. The number of fused-ring (bicyclic) bond motifs is 1. The van der Waals surface area contributed by atoms with Crippen LogP contribution in [0.5, 0.6) is 0 Å². The minimum absolute atomic E-state index is 0.159. The molecular weight excluding hydrogens is 272 g/mol. The first kappa shape index (κ1) is 15.8. The molecule has 2 heteroatoms. The number of hydrogen-bond acceptors (Lipinski definition) is 2. The fourth-order valence-corrected chi connectivity index (χ4v) is 5.58. The number of rotatable bonds is 3. The molecule has 0 radical (unpaired) electrons. The Labute approximate surface area is 135 Å². The van der Waals surface area contributed by atoms with Gasteiger partial charge in [-0.2, -0.15) is 0 Å². The lowest BCUT2D eigenvalue weighted by atomic mass is 9.48. The number of allylic oxidation sites excluding steroid dienone is 2. The van der Waals surface area contributed by atoms with E-state index in [4.69, 9.17) is 4.74 Å². The van der Waals surface area contributed by atoms with Crippen molar-refractivity contribution in [1.82, 2.24) is 0 Å². The topological polar surface area (TPSA) is 26.3 Å². The smallest absolute Gasteiger partial charge is 0.331 e. The zero-order chi connectivity index (χ0) is 16.0. The second-order valence-corrected chi connectivity index (χ2v) is 8.59. The average Bonchev–Trinajstić information content (AvgIpc) is 2.82. The lowest BCUT2D eigenvalue weighted by molar-refractivity contribution is -0.134. The molecule has 0 unspecified atom stereocenters. The number of carbonyl (C=O) groups is 1. The van der Waals surface area contributed by atoms with E-state index in [0.29, 0.717) is 23.4 Å². The van der Waals surface area contributed by atoms with E-state index < -0.39 is 0 Å². The van der Waals surface area contributed by atoms with Crippen molar-refractivity contribution in [1.29, 1.82) is 0 Å². The van der Waals surface area contributed by atoms with E-state index in [2.05, 4.69) is 33.8 Å². The minimum Gasteiger partial charge on any atom is -0.458 e. The molecule has 3 atom stereocenters. The molecule has 122 valence electrons. The number of esters is 1. The highest BCUT2D eigenvalue weighted by Gasteiger charge is 2.51. The maximum atomic E-state index is 11.2. The van der Waals surface area contributed by atoms with Gasteiger partial charge >= 0.3 is 5.97 Å². The molecule has 0 amide bonds. The maximum absolute atomic E-state index is 11.2. The first-order valence-corrected chi connectivity index (χ1v) is 8.86. The summed E-state index contributed by atoms with van der Waals surface area (Å²) in [5.41, 5.74) is 3.62. The van der Waals surface area contributed by atoms with Crippen molar-refractivity contribution in [2.45, 2.75) is 66.2 Å². The van der Waals surface area contributed by atoms with Crippen LogP contribution in [0.2, 0.25) is 0 Å². The first-order chi connectivity index (χ1) is 10.3. The Kier molecular flexibility index (Phi) is 3.99. The molecule has 0 spiro atoms. The molecule has 0 saturated heterocycles. The predicted molar refractivity (Wildman–Crippen MR) is 89.4 cm³/mol. The third kappa shape index (κ3) is 2.66. The van der Waals surface area contributed by atoms with Crippen molar-refractivity contribution in [3.05, 3.63) is 23.3 Å². The average molecular weight is 302 g/mol. The van der Waals surface area contributed by atoms with Crippen molar-refractivity contribution in [3.63, 3.8) is 0 Å². The van der Waals surface area contributed by atoms with Crippen LogP contribution in [0.15, 0.2) is 23.3 Å². The van der Waals surface area contributed by atoms with Gasteiger partial charge in [-0.3, -0.25) is 0 Å². The van der Waals surface area contributed by atoms with Crippen LogP contribution in [0, 0.1) is 22.7 Å². The van der Waals surface area contributed by atoms with Crippen molar-refractivity contribution < 1.29 is 9.53 Å². The molecule has 0 aromatic heterocycles. The third-order valence-electron chi connectivity index (χ3n) is 6.77. The Bertz CT molecular complexity index is 526. The molecule has 0 N–H and O–H groups in total. The quantitative estimate of drug-likeness (QED) is 0.539. The summed E-state index contributed by atoms with van der Waals surface area (Å²) in [6.07, 6.45) is 11.7. The molecule has 1 heterocycles. The van der Waals surface area contributed by atoms with Gasteiger partial charge in [0, 0.05) is 6.08 Å². The summed E-state index contributed by atoms with van der Waals surface area (Å²) in [7, 11) is 0. The predicted octanol–water partition coefficient (Wildman–Crippen LogP) is 5.05. The molecule has 1 saturated carbocycles. The molecule has 2 nitrogen and oxygen atoms in total. The van der Waals surface area contributed by atoms with Crippen LogP contribution < -0.4 is 0 Å². The summed E-state index contributed by atoms with van der Waals surface area (Å²) in [6.45, 7) is 10.3. The van der Waals surface area contributed by atoms with Gasteiger partial charge in [0.05, 0.1) is 0 Å². The van der Waals surface area contributed by atoms with Crippen LogP contribution in [0.25, 0.3) is 0 Å². The summed E-state index contributed by atoms with van der Waals surface area (Å²) >= 11 is 0. The van der Waals surface area contributed by atoms with E-state index in [1.165, 1.54) is 31.3 Å². The largest absolute Gasteiger partial charge is 0.458 e. The van der Waals surface area contributed by atoms with Crippen molar-refractivity contribution in [2.24, 2.45) is 22.7 Å². The van der Waals surface area contributed by atoms with Crippen LogP contribution in [-0.4, -0.2) is 12.6 Å². The lowest BCUT2D eigenvalue weighted by Crippen LogP contribution is -2.48. The van der Waals surface area contributed by atoms with Gasteiger partial charge in [0.15, 0.2) is 0 Å². The Morgan fingerprint density at radius 2 is 2.05 bits per heavy atom. The van der Waals surface area contributed by atoms with Crippen LogP contribution in [0.3, 0.4) is 0 Å². The Hall–Kier alpha value is -1.05. The zero-order valence-corrected chi connectivity index (χ0v) is 14.6. The van der Waals surface area contributed by atoms with Gasteiger partial charge in [-0.25, -0.2) is 4.79 Å². The highest BCUT2D eigenvalue weighted by Crippen LogP contribution is 2.60. The number of hydrogen-bond donors (Lipinski definition) is 0. The van der Waals surface area contributed by atoms with Crippen molar-refractivity contribution in [2.75, 3.05) is 6.61 Å². The maximum Gasteiger partial charge on any atom is 0.331 e. The van der Waals surface area contributed by atoms with E-state index in [0.717, 1.165) is 18.8 Å². The standard InChI is InChI=1S/C20H30O2/c1-14-6-9-17-19(2,3)10-5-11-20(17,4)16(14)8-7-15-12-18(21)22-13-15/h6,12,16-17H,5,7-11,13H2,1-4H3/t16-,17-,20+/m1/s1. The van der Waals surface area contributed by atoms with Crippen LogP contribution >= 0.6 is 0 Å². The Morgan fingerprint density at radius 3 is 2.73 bits per heavy atom. The summed E-state index contributed by atoms with van der Waals surface area (Å²) in [5.74, 6) is 1.29. The van der Waals surface area contributed by atoms with Gasteiger partial charge in [0.2, 0.25) is 0 Å². The molecule has 0 aromatic rings. The third-order valence-corrected chi connectivity index (χ3v) is 6.77. The van der Waals surface area contributed by atoms with Crippen LogP contribution in [-0.2, 0) is 9.53 Å². The number of cyclic esters (lactones) is 1. The number of carbonyl (C=O) groups excluding carboxylic acids is 1. The van der Waals surface area contributed by atoms with Gasteiger partial charge in [0.1, 0.15) is 6.61 Å². The van der Waals surface area contributed by atoms with E-state index in [9.17, 15) is 4.79 Å². The monoisotopic (exact) mass is 302 g/mol. The fourth-order valence-electron chi connectivity index (χ4n) is 5.58. The second kappa shape index (κ2) is 5.54. The van der Waals surface area contributed by atoms with Gasteiger partial charge < -0.3 is 4.74 Å². The Balaban J connectivity index is 1.79. The highest BCUT2D eigenvalue weighted by atomic mass is 16.5. The van der Waals surface area contributed by atoms with Gasteiger partial charge in [0.25, 0.3) is 0 Å². The van der Waals surface area contributed by atoms with Crippen LogP contribution in [0.4, 0.5) is 0 Å². The molecule has 3 aliphatic rings. The van der Waals surface area contributed by atoms with E-state index >= 15 is 0 Å². The molecule has 2 aliphatic carbocycles. The molecule has 22 heavy (non-hydrogen) atoms. The highest BCUT2D eigenvalue weighted by molar-refractivity contribution is 5.85. The van der Waals surface area contributed by atoms with E-state index in [1.54, 1.807) is 11.6 Å². The summed E-state index contributed by atoms with van der Waals surface area (Å²) in [5, 5.41) is 0. The van der Waals surface area contributed by atoms with E-state index in [-0.39, 0.29) is 5.97 Å². The molecule has 0 aromatic carbocycles. The molecule has 1 aliphatic heterocycles. The van der Waals surface area contributed by atoms with E-state index in [1.807, 2.05) is 0 Å².